The summed E-state index contributed by atoms with van der Waals surface area (Å²) in [5.74, 6) is 0.537. The van der Waals surface area contributed by atoms with Crippen molar-refractivity contribution in [3.8, 4) is 11.1 Å². The van der Waals surface area contributed by atoms with Gasteiger partial charge in [0, 0.05) is 0 Å². The van der Waals surface area contributed by atoms with Gasteiger partial charge in [0.15, 0.2) is 0 Å². The fourth-order valence-electron chi connectivity index (χ4n) is 3.47. The van der Waals surface area contributed by atoms with Crippen molar-refractivity contribution in [3.63, 3.8) is 0 Å². The lowest BCUT2D eigenvalue weighted by Gasteiger charge is -2.14. The highest BCUT2D eigenvalue weighted by atomic mass is 14.3. The maximum Gasteiger partial charge on any atom is -0.000728 e. The van der Waals surface area contributed by atoms with Gasteiger partial charge in [-0.05, 0) is 51.3 Å². The minimum atomic E-state index is 0.537. The molecule has 0 fully saturated rings. The van der Waals surface area contributed by atoms with E-state index < -0.39 is 0 Å². The number of hydrogen-bond donors (Lipinski definition) is 0. The standard InChI is InChI=1S/C22H20/c1-15(2)17-8-4-3-7-16-11-12-20-19-10-6-5-9-18(19)14-22(20)21(16)13-17/h3-13,15H,14H2,1-2H3/b4-3?,7-3+,8-4-,16-7?,17-8?,17-13+,21-13?. The topological polar surface area (TPSA) is 0 Å². The Kier molecular flexibility index (Phi) is 3.11. The van der Waals surface area contributed by atoms with E-state index in [0.717, 1.165) is 6.42 Å². The van der Waals surface area contributed by atoms with Crippen LogP contribution >= 0.6 is 0 Å². The highest BCUT2D eigenvalue weighted by Gasteiger charge is 2.21. The monoisotopic (exact) mass is 284 g/mol. The third kappa shape index (κ3) is 2.07. The summed E-state index contributed by atoms with van der Waals surface area (Å²) in [5.41, 5.74) is 9.87. The van der Waals surface area contributed by atoms with Crippen molar-refractivity contribution in [1.82, 2.24) is 0 Å². The maximum atomic E-state index is 2.39. The summed E-state index contributed by atoms with van der Waals surface area (Å²) in [7, 11) is 0. The predicted octanol–water partition coefficient (Wildman–Crippen LogP) is 5.88. The summed E-state index contributed by atoms with van der Waals surface area (Å²) in [5, 5.41) is 0. The molecule has 2 aliphatic carbocycles. The van der Waals surface area contributed by atoms with Gasteiger partial charge < -0.3 is 0 Å². The molecular formula is C22H20. The van der Waals surface area contributed by atoms with Crippen LogP contribution in [0.3, 0.4) is 0 Å². The van der Waals surface area contributed by atoms with Crippen LogP contribution in [-0.4, -0.2) is 0 Å². The van der Waals surface area contributed by atoms with E-state index >= 15 is 0 Å². The molecular weight excluding hydrogens is 264 g/mol. The Morgan fingerprint density at radius 1 is 0.864 bits per heavy atom. The van der Waals surface area contributed by atoms with Crippen LogP contribution in [0.5, 0.6) is 0 Å². The molecule has 0 N–H and O–H groups in total. The Balaban J connectivity index is 1.96. The number of benzene rings is 2. The Labute approximate surface area is 132 Å². The van der Waals surface area contributed by atoms with Gasteiger partial charge in [-0.2, -0.15) is 0 Å². The molecule has 0 amide bonds. The lowest BCUT2D eigenvalue weighted by Crippen LogP contribution is -1.96. The van der Waals surface area contributed by atoms with Gasteiger partial charge in [0.2, 0.25) is 0 Å². The van der Waals surface area contributed by atoms with Crippen molar-refractivity contribution >= 4 is 12.2 Å². The van der Waals surface area contributed by atoms with Gasteiger partial charge >= 0.3 is 0 Å². The zero-order valence-electron chi connectivity index (χ0n) is 13.1. The Morgan fingerprint density at radius 3 is 2.55 bits per heavy atom. The molecule has 0 heterocycles. The van der Waals surface area contributed by atoms with E-state index in [1.165, 1.54) is 39.0 Å². The summed E-state index contributed by atoms with van der Waals surface area (Å²) in [6.45, 7) is 4.53. The molecule has 0 heteroatoms. The fourth-order valence-corrected chi connectivity index (χ4v) is 3.47. The average Bonchev–Trinajstić information content (AvgIpc) is 2.86. The van der Waals surface area contributed by atoms with E-state index in [2.05, 4.69) is 80.6 Å². The Bertz CT molecular complexity index is 829. The first-order chi connectivity index (χ1) is 10.7. The second-order valence-corrected chi connectivity index (χ2v) is 6.45. The normalized spacial score (nSPS) is 20.2. The lowest BCUT2D eigenvalue weighted by molar-refractivity contribution is 0.797. The van der Waals surface area contributed by atoms with Crippen LogP contribution in [0.1, 0.15) is 36.1 Å². The molecule has 2 aromatic carbocycles. The molecule has 0 atom stereocenters. The van der Waals surface area contributed by atoms with Gasteiger partial charge in [-0.15, -0.1) is 0 Å². The SMILES string of the molecule is CC(C)C1=C/c2c(ccc3c2Cc2ccccc2-3)/C=C/C=C\1. The molecule has 0 nitrogen and oxygen atoms in total. The Morgan fingerprint density at radius 2 is 1.68 bits per heavy atom. The van der Waals surface area contributed by atoms with Crippen LogP contribution in [0.25, 0.3) is 23.3 Å². The molecule has 2 aliphatic rings. The fraction of sp³-hybridized carbons (Fsp3) is 0.182. The highest BCUT2D eigenvalue weighted by molar-refractivity contribution is 5.85. The lowest BCUT2D eigenvalue weighted by atomic mass is 9.90. The predicted molar refractivity (Wildman–Crippen MR) is 95.7 cm³/mol. The van der Waals surface area contributed by atoms with Gasteiger partial charge in [-0.25, -0.2) is 0 Å². The molecule has 22 heavy (non-hydrogen) atoms. The first-order valence-electron chi connectivity index (χ1n) is 8.04. The van der Waals surface area contributed by atoms with E-state index in [1.54, 1.807) is 0 Å². The summed E-state index contributed by atoms with van der Waals surface area (Å²) < 4.78 is 0. The quantitative estimate of drug-likeness (QED) is 0.523. The second-order valence-electron chi connectivity index (χ2n) is 6.45. The van der Waals surface area contributed by atoms with Crippen molar-refractivity contribution in [2.45, 2.75) is 20.3 Å². The summed E-state index contributed by atoms with van der Waals surface area (Å²) in [6.07, 6.45) is 12.2. The van der Waals surface area contributed by atoms with Gasteiger partial charge in [0.1, 0.15) is 0 Å². The van der Waals surface area contributed by atoms with Gasteiger partial charge in [0.05, 0.1) is 0 Å². The zero-order chi connectivity index (χ0) is 15.1. The molecule has 0 spiro atoms. The van der Waals surface area contributed by atoms with Crippen molar-refractivity contribution < 1.29 is 0 Å². The molecule has 0 saturated carbocycles. The van der Waals surface area contributed by atoms with Gasteiger partial charge in [-0.1, -0.05) is 80.6 Å². The molecule has 0 unspecified atom stereocenters. The molecule has 4 rings (SSSR count). The van der Waals surface area contributed by atoms with Crippen LogP contribution in [0, 0.1) is 5.92 Å². The summed E-state index contributed by atoms with van der Waals surface area (Å²) in [4.78, 5) is 0. The largest absolute Gasteiger partial charge is 0.0620 e. The minimum Gasteiger partial charge on any atom is -0.0620 e. The smallest absolute Gasteiger partial charge is 0.000728 e. The van der Waals surface area contributed by atoms with Crippen LogP contribution in [0.4, 0.5) is 0 Å². The van der Waals surface area contributed by atoms with E-state index in [1.807, 2.05) is 0 Å². The molecule has 0 aliphatic heterocycles. The van der Waals surface area contributed by atoms with Crippen LogP contribution in [0.2, 0.25) is 0 Å². The third-order valence-corrected chi connectivity index (χ3v) is 4.72. The van der Waals surface area contributed by atoms with E-state index in [9.17, 15) is 0 Å². The van der Waals surface area contributed by atoms with E-state index in [-0.39, 0.29) is 0 Å². The second kappa shape index (κ2) is 5.14. The summed E-state index contributed by atoms with van der Waals surface area (Å²) >= 11 is 0. The van der Waals surface area contributed by atoms with Crippen LogP contribution < -0.4 is 0 Å². The van der Waals surface area contributed by atoms with Crippen molar-refractivity contribution in [2.24, 2.45) is 5.92 Å². The van der Waals surface area contributed by atoms with Crippen LogP contribution in [-0.2, 0) is 6.42 Å². The molecule has 0 bridgehead atoms. The number of fused-ring (bicyclic) bond motifs is 5. The van der Waals surface area contributed by atoms with Crippen molar-refractivity contribution in [1.29, 1.82) is 0 Å². The molecule has 2 aromatic rings. The highest BCUT2D eigenvalue weighted by Crippen LogP contribution is 2.40. The number of allylic oxidation sites excluding steroid dienone is 4. The molecule has 0 radical (unpaired) electrons. The van der Waals surface area contributed by atoms with E-state index in [4.69, 9.17) is 0 Å². The summed E-state index contributed by atoms with van der Waals surface area (Å²) in [6, 6.07) is 13.3. The third-order valence-electron chi connectivity index (χ3n) is 4.72. The minimum absolute atomic E-state index is 0.537. The van der Waals surface area contributed by atoms with Crippen molar-refractivity contribution in [3.05, 3.63) is 82.5 Å². The van der Waals surface area contributed by atoms with Gasteiger partial charge in [0.25, 0.3) is 0 Å². The van der Waals surface area contributed by atoms with E-state index in [0.29, 0.717) is 5.92 Å². The molecule has 108 valence electrons. The number of hydrogen-bond acceptors (Lipinski definition) is 0. The van der Waals surface area contributed by atoms with Crippen molar-refractivity contribution in [2.75, 3.05) is 0 Å². The molecule has 0 saturated heterocycles. The maximum absolute atomic E-state index is 2.39. The molecule has 0 aromatic heterocycles. The van der Waals surface area contributed by atoms with Gasteiger partial charge in [-0.3, -0.25) is 0 Å². The average molecular weight is 284 g/mol. The first kappa shape index (κ1) is 13.3. The zero-order valence-corrected chi connectivity index (χ0v) is 13.1. The first-order valence-corrected chi connectivity index (χ1v) is 8.04. The Hall–Kier alpha value is -2.34. The van der Waals surface area contributed by atoms with Crippen LogP contribution in [0.15, 0.2) is 60.2 Å². The number of rotatable bonds is 1.